The van der Waals surface area contributed by atoms with E-state index in [9.17, 15) is 22.8 Å². The van der Waals surface area contributed by atoms with E-state index in [0.717, 1.165) is 17.0 Å². The van der Waals surface area contributed by atoms with Crippen molar-refractivity contribution in [3.63, 3.8) is 0 Å². The van der Waals surface area contributed by atoms with Crippen molar-refractivity contribution in [1.29, 1.82) is 0 Å². The summed E-state index contributed by atoms with van der Waals surface area (Å²) in [7, 11) is 0. The molecule has 1 N–H and O–H groups in total. The summed E-state index contributed by atoms with van der Waals surface area (Å²) in [6, 6.07) is 2.45. The zero-order valence-corrected chi connectivity index (χ0v) is 13.1. The molecule has 1 atom stereocenters. The summed E-state index contributed by atoms with van der Waals surface area (Å²) in [5, 5.41) is 2.46. The first kappa shape index (κ1) is 17.0. The van der Waals surface area contributed by atoms with Gasteiger partial charge in [0, 0.05) is 6.42 Å². The average molecular weight is 353 g/mol. The average Bonchev–Trinajstić information content (AvgIpc) is 3.14. The molecular weight excluding hydrogens is 339 g/mol. The van der Waals surface area contributed by atoms with Crippen molar-refractivity contribution in [3.8, 4) is 0 Å². The van der Waals surface area contributed by atoms with E-state index in [-0.39, 0.29) is 12.1 Å². The molecule has 0 aliphatic carbocycles. The summed E-state index contributed by atoms with van der Waals surface area (Å²) in [4.78, 5) is 29.4. The number of nitrogens with one attached hydrogen (secondary N) is 1. The van der Waals surface area contributed by atoms with Crippen molar-refractivity contribution in [2.24, 2.45) is 0 Å². The van der Waals surface area contributed by atoms with E-state index in [4.69, 9.17) is 4.42 Å². The molecule has 1 aromatic heterocycles. The van der Waals surface area contributed by atoms with Crippen LogP contribution in [0.15, 0.2) is 34.9 Å². The summed E-state index contributed by atoms with van der Waals surface area (Å²) < 4.78 is 43.2. The number of halogens is 3. The summed E-state index contributed by atoms with van der Waals surface area (Å²) in [5.41, 5.74) is -0.542. The number of nitrogens with zero attached hydrogens (tertiary/aromatic N) is 2. The highest BCUT2D eigenvalue weighted by Gasteiger charge is 2.40. The lowest BCUT2D eigenvalue weighted by molar-refractivity contribution is -0.137. The van der Waals surface area contributed by atoms with Crippen LogP contribution in [0.5, 0.6) is 0 Å². The van der Waals surface area contributed by atoms with Gasteiger partial charge >= 0.3 is 12.2 Å². The number of oxazole rings is 1. The van der Waals surface area contributed by atoms with Gasteiger partial charge in [-0.2, -0.15) is 13.2 Å². The number of rotatable bonds is 4. The molecule has 6 nitrogen and oxygen atoms in total. The number of imide groups is 1. The van der Waals surface area contributed by atoms with Crippen LogP contribution in [0.3, 0.4) is 0 Å². The molecule has 0 spiro atoms. The molecule has 25 heavy (non-hydrogen) atoms. The first-order valence-electron chi connectivity index (χ1n) is 7.52. The molecule has 1 aliphatic heterocycles. The van der Waals surface area contributed by atoms with Crippen LogP contribution in [-0.2, 0) is 23.9 Å². The molecule has 0 saturated carbocycles. The number of amides is 3. The van der Waals surface area contributed by atoms with Gasteiger partial charge in [-0.25, -0.2) is 9.78 Å². The van der Waals surface area contributed by atoms with Gasteiger partial charge in [0.1, 0.15) is 11.8 Å². The Morgan fingerprint density at radius 2 is 1.92 bits per heavy atom. The van der Waals surface area contributed by atoms with Crippen molar-refractivity contribution in [3.05, 3.63) is 53.2 Å². The van der Waals surface area contributed by atoms with Gasteiger partial charge in [0.25, 0.3) is 5.91 Å². The van der Waals surface area contributed by atoms with Gasteiger partial charge in [0.15, 0.2) is 5.89 Å². The highest BCUT2D eigenvalue weighted by atomic mass is 19.4. The second-order valence-electron chi connectivity index (χ2n) is 5.50. The number of hydrogen-bond acceptors (Lipinski definition) is 4. The standard InChI is InChI=1S/C16H14F3N3O3/c1-2-12-20-7-11(25-12)8-22-14(23)13(21-15(22)24)9-3-5-10(6-4-9)16(17,18)19/h3-7,13H,2,8H2,1H3,(H,21,24). The van der Waals surface area contributed by atoms with Gasteiger partial charge < -0.3 is 9.73 Å². The number of benzene rings is 1. The van der Waals surface area contributed by atoms with E-state index in [1.807, 2.05) is 6.92 Å². The van der Waals surface area contributed by atoms with Crippen LogP contribution in [0.1, 0.15) is 35.7 Å². The number of carbonyl (C=O) groups is 2. The third-order valence-corrected chi connectivity index (χ3v) is 3.82. The lowest BCUT2D eigenvalue weighted by atomic mass is 10.0. The first-order chi connectivity index (χ1) is 11.8. The highest BCUT2D eigenvalue weighted by Crippen LogP contribution is 2.31. The lowest BCUT2D eigenvalue weighted by Crippen LogP contribution is -2.30. The zero-order chi connectivity index (χ0) is 18.2. The molecule has 9 heteroatoms. The summed E-state index contributed by atoms with van der Waals surface area (Å²) in [6.07, 6.45) is -2.45. The minimum atomic E-state index is -4.46. The van der Waals surface area contributed by atoms with Gasteiger partial charge in [-0.05, 0) is 17.7 Å². The second-order valence-corrected chi connectivity index (χ2v) is 5.50. The number of aromatic nitrogens is 1. The highest BCUT2D eigenvalue weighted by molar-refractivity contribution is 6.04. The van der Waals surface area contributed by atoms with E-state index in [2.05, 4.69) is 10.3 Å². The van der Waals surface area contributed by atoms with Crippen molar-refractivity contribution >= 4 is 11.9 Å². The van der Waals surface area contributed by atoms with Crippen LogP contribution in [0.4, 0.5) is 18.0 Å². The van der Waals surface area contributed by atoms with Crippen LogP contribution in [0.2, 0.25) is 0 Å². The normalized spacial score (nSPS) is 17.9. The zero-order valence-electron chi connectivity index (χ0n) is 13.1. The predicted molar refractivity (Wildman–Crippen MR) is 79.1 cm³/mol. The van der Waals surface area contributed by atoms with Crippen LogP contribution in [0, 0.1) is 0 Å². The maximum atomic E-state index is 12.6. The Labute approximate surface area is 140 Å². The van der Waals surface area contributed by atoms with Gasteiger partial charge in [-0.1, -0.05) is 19.1 Å². The number of aryl methyl sites for hydroxylation is 1. The number of hydrogen-bond donors (Lipinski definition) is 1. The fourth-order valence-corrected chi connectivity index (χ4v) is 2.50. The molecule has 3 rings (SSSR count). The smallest absolute Gasteiger partial charge is 0.416 e. The lowest BCUT2D eigenvalue weighted by Gasteiger charge is -2.12. The van der Waals surface area contributed by atoms with Crippen LogP contribution in [-0.4, -0.2) is 21.8 Å². The van der Waals surface area contributed by atoms with Crippen LogP contribution >= 0.6 is 0 Å². The Morgan fingerprint density at radius 3 is 2.48 bits per heavy atom. The summed E-state index contributed by atoms with van der Waals surface area (Å²) in [6.45, 7) is 1.76. The molecule has 2 aromatic rings. The van der Waals surface area contributed by atoms with E-state index in [1.54, 1.807) is 0 Å². The first-order valence-corrected chi connectivity index (χ1v) is 7.52. The molecule has 1 aromatic carbocycles. The SMILES string of the molecule is CCc1ncc(CN2C(=O)NC(c3ccc(C(F)(F)F)cc3)C2=O)o1. The Kier molecular flexibility index (Phi) is 4.23. The van der Waals surface area contributed by atoms with E-state index in [0.29, 0.717) is 18.1 Å². The van der Waals surface area contributed by atoms with Crippen LogP contribution in [0.25, 0.3) is 0 Å². The van der Waals surface area contributed by atoms with Crippen molar-refractivity contribution in [2.75, 3.05) is 0 Å². The number of carbonyl (C=O) groups excluding carboxylic acids is 2. The Hall–Kier alpha value is -2.84. The Morgan fingerprint density at radius 1 is 1.24 bits per heavy atom. The Balaban J connectivity index is 1.76. The molecule has 1 fully saturated rings. The van der Waals surface area contributed by atoms with Gasteiger partial charge in [0.2, 0.25) is 0 Å². The molecule has 3 amide bonds. The maximum Gasteiger partial charge on any atom is 0.416 e. The van der Waals surface area contributed by atoms with Crippen molar-refractivity contribution in [2.45, 2.75) is 32.1 Å². The number of alkyl halides is 3. The summed E-state index contributed by atoms with van der Waals surface area (Å²) >= 11 is 0. The van der Waals surface area contributed by atoms with E-state index in [1.165, 1.54) is 18.3 Å². The van der Waals surface area contributed by atoms with Crippen molar-refractivity contribution < 1.29 is 27.2 Å². The molecule has 1 aliphatic rings. The van der Waals surface area contributed by atoms with E-state index >= 15 is 0 Å². The third-order valence-electron chi connectivity index (χ3n) is 3.82. The Bertz CT molecular complexity index is 799. The molecule has 0 radical (unpaired) electrons. The molecule has 1 saturated heterocycles. The third kappa shape index (κ3) is 3.35. The largest absolute Gasteiger partial charge is 0.444 e. The fourth-order valence-electron chi connectivity index (χ4n) is 2.50. The molecule has 0 bridgehead atoms. The minimum Gasteiger partial charge on any atom is -0.444 e. The second kappa shape index (κ2) is 6.23. The number of urea groups is 1. The van der Waals surface area contributed by atoms with Gasteiger partial charge in [-0.15, -0.1) is 0 Å². The minimum absolute atomic E-state index is 0.0885. The van der Waals surface area contributed by atoms with Crippen LogP contribution < -0.4 is 5.32 Å². The van der Waals surface area contributed by atoms with Gasteiger partial charge in [0.05, 0.1) is 18.3 Å². The predicted octanol–water partition coefficient (Wildman–Crippen LogP) is 3.05. The molecular formula is C16H14F3N3O3. The maximum absolute atomic E-state index is 12.6. The van der Waals surface area contributed by atoms with Crippen molar-refractivity contribution in [1.82, 2.24) is 15.2 Å². The van der Waals surface area contributed by atoms with Gasteiger partial charge in [-0.3, -0.25) is 9.69 Å². The fraction of sp³-hybridized carbons (Fsp3) is 0.312. The summed E-state index contributed by atoms with van der Waals surface area (Å²) in [5.74, 6) is 0.286. The molecule has 2 heterocycles. The molecule has 1 unspecified atom stereocenters. The van der Waals surface area contributed by atoms with E-state index < -0.39 is 29.7 Å². The topological polar surface area (TPSA) is 75.4 Å². The monoisotopic (exact) mass is 353 g/mol. The quantitative estimate of drug-likeness (QED) is 0.858. The molecule has 132 valence electrons.